The first kappa shape index (κ1) is 12.7. The maximum atomic E-state index is 12.3. The Balaban J connectivity index is 1.85. The van der Waals surface area contributed by atoms with Crippen LogP contribution in [0, 0.1) is 0 Å². The summed E-state index contributed by atoms with van der Waals surface area (Å²) in [4.78, 5) is 16.3. The van der Waals surface area contributed by atoms with Gasteiger partial charge in [0.2, 0.25) is 0 Å². The molecule has 1 aromatic carbocycles. The molecule has 0 aliphatic carbocycles. The van der Waals surface area contributed by atoms with Crippen molar-refractivity contribution in [3.63, 3.8) is 0 Å². The number of aromatic nitrogens is 1. The molecule has 102 valence electrons. The van der Waals surface area contributed by atoms with Crippen LogP contribution in [0.5, 0.6) is 11.5 Å². The lowest BCUT2D eigenvalue weighted by Gasteiger charge is -2.20. The van der Waals surface area contributed by atoms with Gasteiger partial charge in [0.25, 0.3) is 5.91 Å². The van der Waals surface area contributed by atoms with E-state index in [-0.39, 0.29) is 5.91 Å². The Morgan fingerprint density at radius 2 is 2.05 bits per heavy atom. The van der Waals surface area contributed by atoms with Crippen LogP contribution in [0.15, 0.2) is 36.5 Å². The van der Waals surface area contributed by atoms with Gasteiger partial charge in [-0.15, -0.1) is 0 Å². The zero-order valence-electron chi connectivity index (χ0n) is 10.4. The van der Waals surface area contributed by atoms with Gasteiger partial charge in [-0.1, -0.05) is 17.7 Å². The van der Waals surface area contributed by atoms with Gasteiger partial charge in [-0.2, -0.15) is 0 Å². The number of halogens is 1. The molecule has 2 heterocycles. The van der Waals surface area contributed by atoms with Crippen LogP contribution in [-0.2, 0) is 0 Å². The molecular formula is C14H11ClN2O3. The minimum absolute atomic E-state index is 0.304. The number of nitrogens with one attached hydrogen (secondary N) is 1. The summed E-state index contributed by atoms with van der Waals surface area (Å²) < 4.78 is 10.9. The zero-order valence-corrected chi connectivity index (χ0v) is 11.2. The minimum Gasteiger partial charge on any atom is -0.486 e. The lowest BCUT2D eigenvalue weighted by Crippen LogP contribution is -2.20. The number of ether oxygens (including phenoxy) is 2. The number of hydrogen-bond donors (Lipinski definition) is 1. The van der Waals surface area contributed by atoms with Crippen molar-refractivity contribution in [1.82, 2.24) is 4.98 Å². The number of amides is 1. The molecular weight excluding hydrogens is 280 g/mol. The highest BCUT2D eigenvalue weighted by Gasteiger charge is 2.20. The first-order valence-corrected chi connectivity index (χ1v) is 6.43. The molecule has 0 unspecified atom stereocenters. The molecule has 0 saturated carbocycles. The quantitative estimate of drug-likeness (QED) is 0.924. The van der Waals surface area contributed by atoms with E-state index < -0.39 is 0 Å². The molecule has 0 spiro atoms. The molecule has 1 N–H and O–H groups in total. The number of pyridine rings is 1. The summed E-state index contributed by atoms with van der Waals surface area (Å²) in [6.07, 6.45) is 1.47. The number of benzene rings is 1. The third-order valence-corrected chi connectivity index (χ3v) is 3.00. The van der Waals surface area contributed by atoms with Gasteiger partial charge in [-0.25, -0.2) is 4.98 Å². The van der Waals surface area contributed by atoms with Crippen LogP contribution in [0.1, 0.15) is 10.4 Å². The number of anilines is 1. The number of nitrogens with zero attached hydrogens (tertiary/aromatic N) is 1. The molecule has 5 nitrogen and oxygen atoms in total. The molecule has 0 bridgehead atoms. The van der Waals surface area contributed by atoms with E-state index in [4.69, 9.17) is 21.1 Å². The Bertz CT molecular complexity index is 643. The maximum Gasteiger partial charge on any atom is 0.260 e. The van der Waals surface area contributed by atoms with Crippen molar-refractivity contribution in [2.45, 2.75) is 0 Å². The summed E-state index contributed by atoms with van der Waals surface area (Å²) in [6, 6.07) is 8.49. The third-order valence-electron chi connectivity index (χ3n) is 2.78. The molecule has 0 fully saturated rings. The second-order valence-electron chi connectivity index (χ2n) is 4.15. The molecule has 6 heteroatoms. The summed E-state index contributed by atoms with van der Waals surface area (Å²) in [7, 11) is 0. The van der Waals surface area contributed by atoms with E-state index in [1.807, 2.05) is 0 Å². The normalized spacial score (nSPS) is 12.8. The van der Waals surface area contributed by atoms with Gasteiger partial charge < -0.3 is 14.8 Å². The fraction of sp³-hybridized carbons (Fsp3) is 0.143. The molecule has 1 aliphatic rings. The van der Waals surface area contributed by atoms with Gasteiger partial charge in [0, 0.05) is 6.20 Å². The van der Waals surface area contributed by atoms with E-state index in [1.165, 1.54) is 6.20 Å². The Hall–Kier alpha value is -2.27. The first-order chi connectivity index (χ1) is 9.74. The summed E-state index contributed by atoms with van der Waals surface area (Å²) >= 11 is 5.75. The fourth-order valence-electron chi connectivity index (χ4n) is 1.89. The summed E-state index contributed by atoms with van der Waals surface area (Å²) in [6.45, 7) is 0.910. The van der Waals surface area contributed by atoms with Gasteiger partial charge in [0.05, 0.1) is 10.6 Å². The van der Waals surface area contributed by atoms with Gasteiger partial charge >= 0.3 is 0 Å². The first-order valence-electron chi connectivity index (χ1n) is 6.05. The maximum absolute atomic E-state index is 12.3. The van der Waals surface area contributed by atoms with E-state index in [2.05, 4.69) is 10.3 Å². The largest absolute Gasteiger partial charge is 0.486 e. The zero-order chi connectivity index (χ0) is 13.9. The molecule has 2 aromatic rings. The van der Waals surface area contributed by atoms with Crippen LogP contribution in [-0.4, -0.2) is 24.1 Å². The Morgan fingerprint density at radius 3 is 2.85 bits per heavy atom. The molecule has 0 radical (unpaired) electrons. The van der Waals surface area contributed by atoms with Crippen molar-refractivity contribution < 1.29 is 14.3 Å². The van der Waals surface area contributed by atoms with Crippen LogP contribution in [0.4, 0.5) is 5.82 Å². The van der Waals surface area contributed by atoms with Crippen molar-refractivity contribution in [3.8, 4) is 11.5 Å². The SMILES string of the molecule is O=C(Nc1ccc(Cl)cn1)c1cccc2c1OCCO2. The lowest BCUT2D eigenvalue weighted by molar-refractivity contribution is 0.101. The van der Waals surface area contributed by atoms with E-state index >= 15 is 0 Å². The second-order valence-corrected chi connectivity index (χ2v) is 4.58. The summed E-state index contributed by atoms with van der Waals surface area (Å²) in [5.41, 5.74) is 0.416. The molecule has 3 rings (SSSR count). The fourth-order valence-corrected chi connectivity index (χ4v) is 2.00. The Labute approximate surface area is 120 Å². The Kier molecular flexibility index (Phi) is 3.43. The monoisotopic (exact) mass is 290 g/mol. The number of para-hydroxylation sites is 1. The number of carbonyl (C=O) groups excluding carboxylic acids is 1. The highest BCUT2D eigenvalue weighted by Crippen LogP contribution is 2.33. The number of rotatable bonds is 2. The van der Waals surface area contributed by atoms with Gasteiger partial charge in [0.15, 0.2) is 11.5 Å². The third kappa shape index (κ3) is 2.53. The van der Waals surface area contributed by atoms with Crippen molar-refractivity contribution >= 4 is 23.3 Å². The van der Waals surface area contributed by atoms with Crippen LogP contribution < -0.4 is 14.8 Å². The standard InChI is InChI=1S/C14H11ClN2O3/c15-9-4-5-12(16-8-9)17-14(18)10-2-1-3-11-13(10)20-7-6-19-11/h1-5,8H,6-7H2,(H,16,17,18). The van der Waals surface area contributed by atoms with Gasteiger partial charge in [-0.05, 0) is 24.3 Å². The van der Waals surface area contributed by atoms with Gasteiger partial charge in [-0.3, -0.25) is 4.79 Å². The minimum atomic E-state index is -0.304. The average molecular weight is 291 g/mol. The van der Waals surface area contributed by atoms with E-state index in [0.717, 1.165) is 0 Å². The van der Waals surface area contributed by atoms with Crippen molar-refractivity contribution in [2.24, 2.45) is 0 Å². The van der Waals surface area contributed by atoms with E-state index in [0.29, 0.717) is 41.1 Å². The second kappa shape index (κ2) is 5.38. The molecule has 0 saturated heterocycles. The average Bonchev–Trinajstić information content (AvgIpc) is 2.49. The molecule has 1 aromatic heterocycles. The Morgan fingerprint density at radius 1 is 1.20 bits per heavy atom. The highest BCUT2D eigenvalue weighted by atomic mass is 35.5. The molecule has 1 aliphatic heterocycles. The number of fused-ring (bicyclic) bond motifs is 1. The smallest absolute Gasteiger partial charge is 0.260 e. The molecule has 20 heavy (non-hydrogen) atoms. The lowest BCUT2D eigenvalue weighted by atomic mass is 10.1. The van der Waals surface area contributed by atoms with Gasteiger partial charge in [0.1, 0.15) is 19.0 Å². The van der Waals surface area contributed by atoms with Crippen LogP contribution in [0.25, 0.3) is 0 Å². The van der Waals surface area contributed by atoms with Crippen molar-refractivity contribution in [3.05, 3.63) is 47.1 Å². The van der Waals surface area contributed by atoms with Crippen LogP contribution in [0.3, 0.4) is 0 Å². The highest BCUT2D eigenvalue weighted by molar-refractivity contribution is 6.30. The molecule has 1 amide bonds. The number of carbonyl (C=O) groups is 1. The molecule has 0 atom stereocenters. The predicted molar refractivity (Wildman–Crippen MR) is 74.6 cm³/mol. The van der Waals surface area contributed by atoms with E-state index in [1.54, 1.807) is 30.3 Å². The van der Waals surface area contributed by atoms with Crippen molar-refractivity contribution in [1.29, 1.82) is 0 Å². The summed E-state index contributed by atoms with van der Waals surface area (Å²) in [5, 5.41) is 3.20. The topological polar surface area (TPSA) is 60.5 Å². The van der Waals surface area contributed by atoms with Crippen LogP contribution >= 0.6 is 11.6 Å². The predicted octanol–water partition coefficient (Wildman–Crippen LogP) is 2.76. The van der Waals surface area contributed by atoms with E-state index in [9.17, 15) is 4.79 Å². The van der Waals surface area contributed by atoms with Crippen molar-refractivity contribution in [2.75, 3.05) is 18.5 Å². The summed E-state index contributed by atoms with van der Waals surface area (Å²) in [5.74, 6) is 1.16. The van der Waals surface area contributed by atoms with Crippen LogP contribution in [0.2, 0.25) is 5.02 Å². The number of hydrogen-bond acceptors (Lipinski definition) is 4.